The summed E-state index contributed by atoms with van der Waals surface area (Å²) in [7, 11) is 0. The first kappa shape index (κ1) is 20.4. The van der Waals surface area contributed by atoms with Crippen LogP contribution in [0.25, 0.3) is 0 Å². The van der Waals surface area contributed by atoms with E-state index < -0.39 is 23.8 Å². The van der Waals surface area contributed by atoms with Gasteiger partial charge in [-0.1, -0.05) is 17.7 Å². The van der Waals surface area contributed by atoms with E-state index in [9.17, 15) is 18.0 Å². The van der Waals surface area contributed by atoms with E-state index in [0.29, 0.717) is 12.0 Å². The lowest BCUT2D eigenvalue weighted by Gasteiger charge is -2.35. The summed E-state index contributed by atoms with van der Waals surface area (Å²) in [5.41, 5.74) is 2.53. The molecular formula is C22H22F3N3O2. The second kappa shape index (κ2) is 8.08. The molecule has 1 aliphatic heterocycles. The minimum absolute atomic E-state index is 0.00104. The molecule has 1 fully saturated rings. The van der Waals surface area contributed by atoms with E-state index in [2.05, 4.69) is 9.97 Å². The molecule has 158 valence electrons. The highest BCUT2D eigenvalue weighted by Gasteiger charge is 2.42. The summed E-state index contributed by atoms with van der Waals surface area (Å²) < 4.78 is 47.2. The Kier molecular flexibility index (Phi) is 5.49. The first-order chi connectivity index (χ1) is 14.3. The average Bonchev–Trinajstić information content (AvgIpc) is 3.11. The van der Waals surface area contributed by atoms with Gasteiger partial charge in [0.25, 0.3) is 5.88 Å². The van der Waals surface area contributed by atoms with Crippen molar-refractivity contribution < 1.29 is 22.7 Å². The summed E-state index contributed by atoms with van der Waals surface area (Å²) >= 11 is 0. The van der Waals surface area contributed by atoms with Crippen LogP contribution in [0.1, 0.15) is 37.1 Å². The van der Waals surface area contributed by atoms with Crippen molar-refractivity contribution in [1.82, 2.24) is 14.9 Å². The molecule has 8 heteroatoms. The van der Waals surface area contributed by atoms with Gasteiger partial charge in [0, 0.05) is 6.42 Å². The lowest BCUT2D eigenvalue weighted by Crippen LogP contribution is -2.40. The fourth-order valence-electron chi connectivity index (χ4n) is 4.07. The molecule has 0 N–H and O–H groups in total. The van der Waals surface area contributed by atoms with Gasteiger partial charge >= 0.3 is 0 Å². The topological polar surface area (TPSA) is 55.3 Å². The maximum atomic E-state index is 14.1. The van der Waals surface area contributed by atoms with Gasteiger partial charge in [0.2, 0.25) is 11.7 Å². The number of hydrogen-bond donors (Lipinski definition) is 0. The monoisotopic (exact) mass is 417 g/mol. The highest BCUT2D eigenvalue weighted by atomic mass is 19.1. The van der Waals surface area contributed by atoms with Crippen molar-refractivity contribution in [2.75, 3.05) is 13.2 Å². The number of carbonyl (C=O) groups excluding carboxylic acids is 1. The van der Waals surface area contributed by atoms with Crippen LogP contribution in [0.15, 0.2) is 41.7 Å². The van der Waals surface area contributed by atoms with Gasteiger partial charge in [0.05, 0.1) is 24.2 Å². The van der Waals surface area contributed by atoms with Crippen LogP contribution < -0.4 is 4.74 Å². The van der Waals surface area contributed by atoms with Crippen molar-refractivity contribution >= 4 is 5.91 Å². The first-order valence-electron chi connectivity index (χ1n) is 9.83. The number of ether oxygens (including phenoxy) is 1. The zero-order chi connectivity index (χ0) is 21.4. The normalized spacial score (nSPS) is 23.5. The van der Waals surface area contributed by atoms with Crippen LogP contribution in [0.5, 0.6) is 5.88 Å². The molecule has 1 aliphatic carbocycles. The Labute approximate surface area is 172 Å². The SMILES string of the molecule is CC1=C(COc2ncnc(C)c2F)CC1C(=O)N1CC(F)CC1c1cccc(F)c1. The Morgan fingerprint density at radius 3 is 2.80 bits per heavy atom. The van der Waals surface area contributed by atoms with Gasteiger partial charge in [-0.2, -0.15) is 9.37 Å². The van der Waals surface area contributed by atoms with Crippen LogP contribution in [0.2, 0.25) is 0 Å². The largest absolute Gasteiger partial charge is 0.471 e. The molecule has 1 aromatic carbocycles. The van der Waals surface area contributed by atoms with Crippen LogP contribution >= 0.6 is 0 Å². The molecule has 30 heavy (non-hydrogen) atoms. The van der Waals surface area contributed by atoms with E-state index in [-0.39, 0.29) is 43.0 Å². The van der Waals surface area contributed by atoms with Gasteiger partial charge < -0.3 is 9.64 Å². The Bertz CT molecular complexity index is 1010. The van der Waals surface area contributed by atoms with Crippen molar-refractivity contribution in [3.63, 3.8) is 0 Å². The summed E-state index contributed by atoms with van der Waals surface area (Å²) in [6.07, 6.45) is 0.709. The van der Waals surface area contributed by atoms with Crippen LogP contribution in [0.4, 0.5) is 13.2 Å². The molecule has 0 saturated carbocycles. The lowest BCUT2D eigenvalue weighted by atomic mass is 9.77. The third-order valence-corrected chi connectivity index (χ3v) is 5.91. The van der Waals surface area contributed by atoms with Crippen LogP contribution in [0, 0.1) is 24.5 Å². The molecule has 1 aromatic heterocycles. The van der Waals surface area contributed by atoms with Crippen molar-refractivity contribution in [2.45, 2.75) is 38.9 Å². The number of carbonyl (C=O) groups is 1. The maximum Gasteiger partial charge on any atom is 0.254 e. The first-order valence-corrected chi connectivity index (χ1v) is 9.83. The van der Waals surface area contributed by atoms with Crippen LogP contribution in [-0.4, -0.2) is 40.1 Å². The Balaban J connectivity index is 1.45. The third kappa shape index (κ3) is 3.78. The number of aryl methyl sites for hydroxylation is 1. The highest BCUT2D eigenvalue weighted by molar-refractivity contribution is 5.84. The number of hydrogen-bond acceptors (Lipinski definition) is 4. The molecule has 1 saturated heterocycles. The quantitative estimate of drug-likeness (QED) is 0.688. The summed E-state index contributed by atoms with van der Waals surface area (Å²) in [6, 6.07) is 5.48. The standard InChI is InChI=1S/C22H22F3N3O2/c1-12-15(10-30-21-20(25)13(2)26-11-27-21)7-18(12)22(29)28-9-17(24)8-19(28)14-4-3-5-16(23)6-14/h3-6,11,17-19H,7-10H2,1-2H3. The molecule has 0 spiro atoms. The molecule has 3 atom stereocenters. The van der Waals surface area contributed by atoms with Gasteiger partial charge in [-0.05, 0) is 43.5 Å². The van der Waals surface area contributed by atoms with Crippen molar-refractivity contribution in [2.24, 2.45) is 5.92 Å². The Hall–Kier alpha value is -2.90. The van der Waals surface area contributed by atoms with E-state index in [1.165, 1.54) is 30.3 Å². The molecule has 2 aromatic rings. The molecular weight excluding hydrogens is 395 g/mol. The summed E-state index contributed by atoms with van der Waals surface area (Å²) in [6.45, 7) is 3.48. The van der Waals surface area contributed by atoms with Gasteiger partial charge in [0.1, 0.15) is 24.9 Å². The molecule has 3 unspecified atom stereocenters. The number of benzene rings is 1. The number of aromatic nitrogens is 2. The molecule has 2 aliphatic rings. The van der Waals surface area contributed by atoms with Crippen molar-refractivity contribution in [3.8, 4) is 5.88 Å². The van der Waals surface area contributed by atoms with Crippen molar-refractivity contribution in [1.29, 1.82) is 0 Å². The van der Waals surface area contributed by atoms with E-state index in [1.54, 1.807) is 12.1 Å². The van der Waals surface area contributed by atoms with E-state index in [4.69, 9.17) is 4.74 Å². The lowest BCUT2D eigenvalue weighted by molar-refractivity contribution is -0.136. The third-order valence-electron chi connectivity index (χ3n) is 5.91. The highest BCUT2D eigenvalue weighted by Crippen LogP contribution is 2.41. The predicted molar refractivity (Wildman–Crippen MR) is 103 cm³/mol. The van der Waals surface area contributed by atoms with Gasteiger partial charge in [-0.3, -0.25) is 4.79 Å². The molecule has 2 heterocycles. The van der Waals surface area contributed by atoms with Gasteiger partial charge in [-0.25, -0.2) is 13.8 Å². The molecule has 0 radical (unpaired) electrons. The van der Waals surface area contributed by atoms with Crippen LogP contribution in [-0.2, 0) is 4.79 Å². The predicted octanol–water partition coefficient (Wildman–Crippen LogP) is 4.09. The van der Waals surface area contributed by atoms with Crippen LogP contribution in [0.3, 0.4) is 0 Å². The minimum atomic E-state index is -1.14. The molecule has 4 rings (SSSR count). The second-order valence-corrected chi connectivity index (χ2v) is 7.80. The number of amides is 1. The number of nitrogens with zero attached hydrogens (tertiary/aromatic N) is 3. The van der Waals surface area contributed by atoms with Gasteiger partial charge in [-0.15, -0.1) is 0 Å². The van der Waals surface area contributed by atoms with E-state index >= 15 is 0 Å². The fourth-order valence-corrected chi connectivity index (χ4v) is 4.07. The number of rotatable bonds is 5. The van der Waals surface area contributed by atoms with Crippen molar-refractivity contribution in [3.05, 3.63) is 64.6 Å². The summed E-state index contributed by atoms with van der Waals surface area (Å²) in [5, 5.41) is 0. The zero-order valence-electron chi connectivity index (χ0n) is 16.7. The van der Waals surface area contributed by atoms with Gasteiger partial charge in [0.15, 0.2) is 0 Å². The maximum absolute atomic E-state index is 14.1. The number of likely N-dealkylation sites (tertiary alicyclic amines) is 1. The Morgan fingerprint density at radius 2 is 2.07 bits per heavy atom. The van der Waals surface area contributed by atoms with E-state index in [0.717, 1.165) is 11.1 Å². The smallest absolute Gasteiger partial charge is 0.254 e. The summed E-state index contributed by atoms with van der Waals surface area (Å²) in [5.74, 6) is -1.68. The minimum Gasteiger partial charge on any atom is -0.471 e. The average molecular weight is 417 g/mol. The summed E-state index contributed by atoms with van der Waals surface area (Å²) in [4.78, 5) is 22.1. The fraction of sp³-hybridized carbons (Fsp3) is 0.409. The zero-order valence-corrected chi connectivity index (χ0v) is 16.7. The molecule has 0 bridgehead atoms. The van der Waals surface area contributed by atoms with E-state index in [1.807, 2.05) is 6.92 Å². The number of halogens is 3. The number of alkyl halides is 1. The Morgan fingerprint density at radius 1 is 1.27 bits per heavy atom. The molecule has 1 amide bonds. The second-order valence-electron chi connectivity index (χ2n) is 7.80. The molecule has 5 nitrogen and oxygen atoms in total.